The van der Waals surface area contributed by atoms with E-state index in [1.54, 1.807) is 6.07 Å². The fraction of sp³-hybridized carbons (Fsp3) is 0.368. The molecule has 1 aliphatic rings. The van der Waals surface area contributed by atoms with Crippen molar-refractivity contribution in [1.82, 2.24) is 5.32 Å². The molecule has 0 fully saturated rings. The zero-order chi connectivity index (χ0) is 16.8. The van der Waals surface area contributed by atoms with Gasteiger partial charge in [-0.15, -0.1) is 0 Å². The third-order valence-corrected chi connectivity index (χ3v) is 4.11. The van der Waals surface area contributed by atoms with Crippen LogP contribution in [0.15, 0.2) is 42.5 Å². The predicted molar refractivity (Wildman–Crippen MR) is 89.7 cm³/mol. The summed E-state index contributed by atoms with van der Waals surface area (Å²) in [4.78, 5) is 0. The van der Waals surface area contributed by atoms with Crippen LogP contribution in [0.2, 0.25) is 0 Å². The van der Waals surface area contributed by atoms with Gasteiger partial charge in [-0.1, -0.05) is 24.3 Å². The molecule has 4 nitrogen and oxygen atoms in total. The lowest BCUT2D eigenvalue weighted by molar-refractivity contribution is 0.200. The normalized spacial score (nSPS) is 16.8. The quantitative estimate of drug-likeness (QED) is 0.853. The molecule has 0 spiro atoms. The molecule has 3 rings (SSSR count). The highest BCUT2D eigenvalue weighted by Gasteiger charge is 2.20. The molecular formula is C19H22FNO3. The van der Waals surface area contributed by atoms with E-state index in [4.69, 9.17) is 14.6 Å². The summed E-state index contributed by atoms with van der Waals surface area (Å²) in [5, 5.41) is 12.5. The van der Waals surface area contributed by atoms with Crippen LogP contribution in [0.25, 0.3) is 0 Å². The molecule has 2 N–H and O–H groups in total. The first-order chi connectivity index (χ1) is 11.8. The van der Waals surface area contributed by atoms with Crippen LogP contribution in [-0.2, 0) is 6.54 Å². The van der Waals surface area contributed by atoms with Gasteiger partial charge in [0.2, 0.25) is 0 Å². The van der Waals surface area contributed by atoms with E-state index in [1.165, 1.54) is 12.1 Å². The average Bonchev–Trinajstić information content (AvgIpc) is 2.80. The average molecular weight is 331 g/mol. The maximum Gasteiger partial charge on any atom is 0.126 e. The van der Waals surface area contributed by atoms with Gasteiger partial charge in [-0.2, -0.15) is 0 Å². The lowest BCUT2D eigenvalue weighted by Crippen LogP contribution is -2.21. The summed E-state index contributed by atoms with van der Waals surface area (Å²) in [6, 6.07) is 12.6. The third kappa shape index (κ3) is 4.04. The van der Waals surface area contributed by atoms with Crippen LogP contribution >= 0.6 is 0 Å². The number of hydrogen-bond acceptors (Lipinski definition) is 4. The highest BCUT2D eigenvalue weighted by molar-refractivity contribution is 5.38. The minimum absolute atomic E-state index is 0.0132. The van der Waals surface area contributed by atoms with Crippen LogP contribution in [-0.4, -0.2) is 24.9 Å². The molecule has 1 unspecified atom stereocenters. The summed E-state index contributed by atoms with van der Waals surface area (Å²) in [6.07, 6.45) is 1.84. The van der Waals surface area contributed by atoms with Crippen molar-refractivity contribution in [1.29, 1.82) is 0 Å². The fourth-order valence-corrected chi connectivity index (χ4v) is 2.94. The Hall–Kier alpha value is -2.11. The molecule has 1 atom stereocenters. The Morgan fingerprint density at radius 2 is 2.12 bits per heavy atom. The maximum atomic E-state index is 13.4. The number of aliphatic hydroxyl groups excluding tert-OH is 1. The highest BCUT2D eigenvalue weighted by Crippen LogP contribution is 2.32. The molecule has 0 radical (unpaired) electrons. The van der Waals surface area contributed by atoms with E-state index < -0.39 is 0 Å². The Labute approximate surface area is 141 Å². The van der Waals surface area contributed by atoms with Crippen LogP contribution in [0.5, 0.6) is 11.5 Å². The van der Waals surface area contributed by atoms with Gasteiger partial charge in [0, 0.05) is 29.8 Å². The summed E-state index contributed by atoms with van der Waals surface area (Å²) in [5.74, 6) is 1.11. The van der Waals surface area contributed by atoms with Gasteiger partial charge in [-0.3, -0.25) is 0 Å². The van der Waals surface area contributed by atoms with E-state index in [-0.39, 0.29) is 25.1 Å². The van der Waals surface area contributed by atoms with Crippen molar-refractivity contribution in [2.75, 3.05) is 19.8 Å². The van der Waals surface area contributed by atoms with Gasteiger partial charge in [-0.05, 0) is 25.0 Å². The van der Waals surface area contributed by atoms with E-state index in [2.05, 4.69) is 5.32 Å². The second-order valence-corrected chi connectivity index (χ2v) is 5.79. The van der Waals surface area contributed by atoms with Crippen molar-refractivity contribution in [2.45, 2.75) is 25.4 Å². The second-order valence-electron chi connectivity index (χ2n) is 5.79. The topological polar surface area (TPSA) is 50.7 Å². The van der Waals surface area contributed by atoms with E-state index in [1.807, 2.05) is 24.3 Å². The van der Waals surface area contributed by atoms with Gasteiger partial charge in [0.25, 0.3) is 0 Å². The minimum Gasteiger partial charge on any atom is -0.493 e. The number of para-hydroxylation sites is 1. The Morgan fingerprint density at radius 1 is 1.25 bits per heavy atom. The highest BCUT2D eigenvalue weighted by atomic mass is 19.1. The summed E-state index contributed by atoms with van der Waals surface area (Å²) in [5.41, 5.74) is 2.02. The molecule has 0 saturated heterocycles. The predicted octanol–water partition coefficient (Wildman–Crippen LogP) is 3.20. The fourth-order valence-electron chi connectivity index (χ4n) is 2.94. The van der Waals surface area contributed by atoms with Gasteiger partial charge < -0.3 is 19.9 Å². The van der Waals surface area contributed by atoms with Gasteiger partial charge in [0.15, 0.2) is 0 Å². The summed E-state index contributed by atoms with van der Waals surface area (Å²) >= 11 is 0. The van der Waals surface area contributed by atoms with Gasteiger partial charge in [0.05, 0.1) is 13.2 Å². The van der Waals surface area contributed by atoms with Crippen LogP contribution in [0, 0.1) is 5.82 Å². The zero-order valence-corrected chi connectivity index (χ0v) is 13.5. The standard InChI is InChI=1S/C19H22FNO3/c20-15-7-8-16-17(5-3-10-23-19(16)12-15)21-13-14-4-1-2-6-18(14)24-11-9-22/h1-2,4,6-8,12,17,21-22H,3,5,9-11,13H2. The molecule has 128 valence electrons. The number of ether oxygens (including phenoxy) is 2. The van der Waals surface area contributed by atoms with Crippen LogP contribution < -0.4 is 14.8 Å². The van der Waals surface area contributed by atoms with Crippen LogP contribution in [0.4, 0.5) is 4.39 Å². The number of fused-ring (bicyclic) bond motifs is 1. The molecule has 0 bridgehead atoms. The Morgan fingerprint density at radius 3 is 3.00 bits per heavy atom. The van der Waals surface area contributed by atoms with Gasteiger partial charge in [-0.25, -0.2) is 4.39 Å². The van der Waals surface area contributed by atoms with Crippen molar-refractivity contribution < 1.29 is 19.0 Å². The first-order valence-corrected chi connectivity index (χ1v) is 8.25. The molecule has 2 aromatic carbocycles. The maximum absolute atomic E-state index is 13.4. The van der Waals surface area contributed by atoms with E-state index in [0.717, 1.165) is 29.7 Å². The molecule has 2 aromatic rings. The van der Waals surface area contributed by atoms with Crippen LogP contribution in [0.1, 0.15) is 30.0 Å². The molecular weight excluding hydrogens is 309 g/mol. The smallest absolute Gasteiger partial charge is 0.126 e. The van der Waals surface area contributed by atoms with Crippen molar-refractivity contribution >= 4 is 0 Å². The lowest BCUT2D eigenvalue weighted by atomic mass is 10.0. The molecule has 0 aromatic heterocycles. The molecule has 5 heteroatoms. The molecule has 1 heterocycles. The Kier molecular flexibility index (Phi) is 5.67. The number of halogens is 1. The largest absolute Gasteiger partial charge is 0.493 e. The van der Waals surface area contributed by atoms with E-state index >= 15 is 0 Å². The van der Waals surface area contributed by atoms with Crippen LogP contribution in [0.3, 0.4) is 0 Å². The second kappa shape index (κ2) is 8.13. The SMILES string of the molecule is OCCOc1ccccc1CNC1CCCOc2cc(F)ccc21. The van der Waals surface area contributed by atoms with E-state index in [9.17, 15) is 4.39 Å². The number of benzene rings is 2. The van der Waals surface area contributed by atoms with Crippen molar-refractivity contribution in [3.8, 4) is 11.5 Å². The number of aliphatic hydroxyl groups is 1. The monoisotopic (exact) mass is 331 g/mol. The molecule has 0 aliphatic carbocycles. The van der Waals surface area contributed by atoms with Gasteiger partial charge in [0.1, 0.15) is 23.9 Å². The minimum atomic E-state index is -0.280. The van der Waals surface area contributed by atoms with Crippen molar-refractivity contribution in [2.24, 2.45) is 0 Å². The third-order valence-electron chi connectivity index (χ3n) is 4.11. The summed E-state index contributed by atoms with van der Waals surface area (Å²) in [7, 11) is 0. The first-order valence-electron chi connectivity index (χ1n) is 8.25. The molecule has 1 aliphatic heterocycles. The number of nitrogens with one attached hydrogen (secondary N) is 1. The Bertz CT molecular complexity index is 677. The zero-order valence-electron chi connectivity index (χ0n) is 13.5. The Balaban J connectivity index is 1.73. The summed E-state index contributed by atoms with van der Waals surface area (Å²) < 4.78 is 24.7. The first kappa shape index (κ1) is 16.7. The summed E-state index contributed by atoms with van der Waals surface area (Å²) in [6.45, 7) is 1.49. The number of rotatable bonds is 6. The van der Waals surface area contributed by atoms with Crippen molar-refractivity contribution in [3.63, 3.8) is 0 Å². The number of hydrogen-bond donors (Lipinski definition) is 2. The van der Waals surface area contributed by atoms with E-state index in [0.29, 0.717) is 18.9 Å². The van der Waals surface area contributed by atoms with Crippen molar-refractivity contribution in [3.05, 3.63) is 59.4 Å². The molecule has 24 heavy (non-hydrogen) atoms. The van der Waals surface area contributed by atoms with Gasteiger partial charge >= 0.3 is 0 Å². The molecule has 0 saturated carbocycles. The molecule has 0 amide bonds. The lowest BCUT2D eigenvalue weighted by Gasteiger charge is -2.19.